The average molecular weight is 307 g/mol. The molecular formula is C17H22FNO3. The van der Waals surface area contributed by atoms with Crippen molar-refractivity contribution in [1.82, 2.24) is 5.32 Å². The van der Waals surface area contributed by atoms with Crippen molar-refractivity contribution >= 4 is 11.9 Å². The van der Waals surface area contributed by atoms with Gasteiger partial charge in [0.05, 0.1) is 7.11 Å². The molecule has 0 saturated heterocycles. The lowest BCUT2D eigenvalue weighted by atomic mass is 10.1. The first-order chi connectivity index (χ1) is 10.6. The lowest BCUT2D eigenvalue weighted by Gasteiger charge is -2.05. The number of ether oxygens (including phenoxy) is 1. The first-order valence-electron chi connectivity index (χ1n) is 7.72. The molecule has 5 heteroatoms. The Bertz CT molecular complexity index is 532. The quantitative estimate of drug-likeness (QED) is 0.593. The molecule has 0 aromatic heterocycles. The number of carbonyl (C=O) groups excluding carboxylic acids is 2. The van der Waals surface area contributed by atoms with Gasteiger partial charge in [0, 0.05) is 18.9 Å². The Morgan fingerprint density at radius 1 is 1.27 bits per heavy atom. The van der Waals surface area contributed by atoms with Gasteiger partial charge in [-0.3, -0.25) is 9.59 Å². The smallest absolute Gasteiger partial charge is 0.305 e. The Labute approximate surface area is 130 Å². The van der Waals surface area contributed by atoms with E-state index in [1.807, 2.05) is 0 Å². The van der Waals surface area contributed by atoms with Gasteiger partial charge in [-0.15, -0.1) is 0 Å². The van der Waals surface area contributed by atoms with E-state index >= 15 is 0 Å². The van der Waals surface area contributed by atoms with Gasteiger partial charge >= 0.3 is 5.97 Å². The minimum Gasteiger partial charge on any atom is -0.469 e. The molecule has 1 aliphatic rings. The fourth-order valence-electron chi connectivity index (χ4n) is 2.62. The van der Waals surface area contributed by atoms with Gasteiger partial charge in [-0.2, -0.15) is 0 Å². The molecule has 1 amide bonds. The first kappa shape index (κ1) is 16.5. The van der Waals surface area contributed by atoms with Crippen molar-refractivity contribution in [1.29, 1.82) is 0 Å². The highest BCUT2D eigenvalue weighted by molar-refractivity contribution is 5.82. The Morgan fingerprint density at radius 2 is 2.05 bits per heavy atom. The molecule has 1 aromatic carbocycles. The van der Waals surface area contributed by atoms with E-state index in [0.29, 0.717) is 18.5 Å². The molecule has 0 radical (unpaired) electrons. The van der Waals surface area contributed by atoms with E-state index in [4.69, 9.17) is 0 Å². The lowest BCUT2D eigenvalue weighted by Crippen LogP contribution is -2.26. The Kier molecular flexibility index (Phi) is 5.92. The van der Waals surface area contributed by atoms with Crippen molar-refractivity contribution < 1.29 is 18.7 Å². The van der Waals surface area contributed by atoms with Crippen LogP contribution in [0.1, 0.15) is 43.6 Å². The van der Waals surface area contributed by atoms with Crippen LogP contribution >= 0.6 is 0 Å². The van der Waals surface area contributed by atoms with Crippen molar-refractivity contribution in [2.24, 2.45) is 5.92 Å². The zero-order valence-electron chi connectivity index (χ0n) is 12.8. The summed E-state index contributed by atoms with van der Waals surface area (Å²) < 4.78 is 18.2. The Morgan fingerprint density at radius 3 is 2.77 bits per heavy atom. The molecule has 0 heterocycles. The van der Waals surface area contributed by atoms with Crippen molar-refractivity contribution in [3.8, 4) is 0 Å². The molecular weight excluding hydrogens is 285 g/mol. The summed E-state index contributed by atoms with van der Waals surface area (Å²) in [6.45, 7) is 0.598. The lowest BCUT2D eigenvalue weighted by molar-refractivity contribution is -0.140. The molecule has 2 atom stereocenters. The van der Waals surface area contributed by atoms with E-state index in [1.165, 1.54) is 13.2 Å². The second-order valence-corrected chi connectivity index (χ2v) is 5.65. The van der Waals surface area contributed by atoms with E-state index in [2.05, 4.69) is 10.1 Å². The third-order valence-electron chi connectivity index (χ3n) is 4.02. The maximum absolute atomic E-state index is 13.6. The molecule has 1 fully saturated rings. The van der Waals surface area contributed by atoms with Gasteiger partial charge in [0.1, 0.15) is 5.82 Å². The third kappa shape index (κ3) is 4.55. The molecule has 2 unspecified atom stereocenters. The summed E-state index contributed by atoms with van der Waals surface area (Å²) in [4.78, 5) is 22.9. The van der Waals surface area contributed by atoms with Crippen LogP contribution < -0.4 is 5.32 Å². The third-order valence-corrected chi connectivity index (χ3v) is 4.02. The Hall–Kier alpha value is -1.91. The molecule has 1 aromatic rings. The molecule has 1 aliphatic carbocycles. The van der Waals surface area contributed by atoms with Gasteiger partial charge in [-0.1, -0.05) is 24.6 Å². The van der Waals surface area contributed by atoms with Crippen LogP contribution in [-0.4, -0.2) is 25.5 Å². The zero-order valence-corrected chi connectivity index (χ0v) is 12.8. The van der Waals surface area contributed by atoms with Crippen LogP contribution in [0.15, 0.2) is 24.3 Å². The van der Waals surface area contributed by atoms with Gasteiger partial charge in [-0.05, 0) is 36.8 Å². The summed E-state index contributed by atoms with van der Waals surface area (Å²) in [5.74, 6) is -0.519. The minimum atomic E-state index is -0.231. The number of unbranched alkanes of at least 4 members (excludes halogenated alkanes) is 2. The standard InChI is InChI=1S/C17H22FNO3/c1-22-16(20)9-3-2-6-10-19-17(21)14-11-13(14)12-7-4-5-8-15(12)18/h4-5,7-8,13-14H,2-3,6,9-11H2,1H3,(H,19,21). The fraction of sp³-hybridized carbons (Fsp3) is 0.529. The van der Waals surface area contributed by atoms with Crippen LogP contribution in [-0.2, 0) is 14.3 Å². The fourth-order valence-corrected chi connectivity index (χ4v) is 2.62. The van der Waals surface area contributed by atoms with Gasteiger partial charge in [0.25, 0.3) is 0 Å². The van der Waals surface area contributed by atoms with Crippen molar-refractivity contribution in [2.75, 3.05) is 13.7 Å². The van der Waals surface area contributed by atoms with Crippen molar-refractivity contribution in [3.63, 3.8) is 0 Å². The number of carbonyl (C=O) groups is 2. The molecule has 0 spiro atoms. The number of methoxy groups -OCH3 is 1. The average Bonchev–Trinajstić information content (AvgIpc) is 3.31. The molecule has 0 aliphatic heterocycles. The van der Waals surface area contributed by atoms with Crippen LogP contribution in [0.25, 0.3) is 0 Å². The summed E-state index contributed by atoms with van der Waals surface area (Å²) in [6, 6.07) is 6.64. The van der Waals surface area contributed by atoms with E-state index in [9.17, 15) is 14.0 Å². The summed E-state index contributed by atoms with van der Waals surface area (Å²) in [5, 5.41) is 2.89. The zero-order chi connectivity index (χ0) is 15.9. The van der Waals surface area contributed by atoms with Crippen LogP contribution in [0.5, 0.6) is 0 Å². The summed E-state index contributed by atoms with van der Waals surface area (Å²) in [7, 11) is 1.38. The number of rotatable bonds is 8. The second kappa shape index (κ2) is 7.92. The predicted octanol–water partition coefficient (Wildman–Crippen LogP) is 2.78. The number of amides is 1. The SMILES string of the molecule is COC(=O)CCCCCNC(=O)C1CC1c1ccccc1F. The first-order valence-corrected chi connectivity index (χ1v) is 7.72. The van der Waals surface area contributed by atoms with Crippen LogP contribution in [0, 0.1) is 11.7 Å². The molecule has 4 nitrogen and oxygen atoms in total. The molecule has 0 bridgehead atoms. The number of hydrogen-bond donors (Lipinski definition) is 1. The summed E-state index contributed by atoms with van der Waals surface area (Å²) >= 11 is 0. The summed E-state index contributed by atoms with van der Waals surface area (Å²) in [6.07, 6.45) is 3.61. The highest BCUT2D eigenvalue weighted by Crippen LogP contribution is 2.48. The largest absolute Gasteiger partial charge is 0.469 e. The monoisotopic (exact) mass is 307 g/mol. The number of esters is 1. The predicted molar refractivity (Wildman–Crippen MR) is 80.7 cm³/mol. The van der Waals surface area contributed by atoms with Crippen LogP contribution in [0.2, 0.25) is 0 Å². The van der Waals surface area contributed by atoms with Crippen molar-refractivity contribution in [2.45, 2.75) is 38.0 Å². The van der Waals surface area contributed by atoms with E-state index < -0.39 is 0 Å². The maximum atomic E-state index is 13.6. The highest BCUT2D eigenvalue weighted by Gasteiger charge is 2.44. The van der Waals surface area contributed by atoms with E-state index in [0.717, 1.165) is 25.7 Å². The Balaban J connectivity index is 1.62. The van der Waals surface area contributed by atoms with Crippen LogP contribution in [0.3, 0.4) is 0 Å². The van der Waals surface area contributed by atoms with Gasteiger partial charge in [-0.25, -0.2) is 4.39 Å². The van der Waals surface area contributed by atoms with Gasteiger partial charge in [0.15, 0.2) is 0 Å². The number of benzene rings is 1. The van der Waals surface area contributed by atoms with Gasteiger partial charge < -0.3 is 10.1 Å². The second-order valence-electron chi connectivity index (χ2n) is 5.65. The number of nitrogens with one attached hydrogen (secondary N) is 1. The molecule has 1 saturated carbocycles. The number of hydrogen-bond acceptors (Lipinski definition) is 3. The summed E-state index contributed by atoms with van der Waals surface area (Å²) in [5.41, 5.74) is 0.640. The molecule has 22 heavy (non-hydrogen) atoms. The molecule has 120 valence electrons. The minimum absolute atomic E-state index is 0.00113. The maximum Gasteiger partial charge on any atom is 0.305 e. The van der Waals surface area contributed by atoms with E-state index in [-0.39, 0.29) is 29.5 Å². The van der Waals surface area contributed by atoms with Crippen molar-refractivity contribution in [3.05, 3.63) is 35.6 Å². The highest BCUT2D eigenvalue weighted by atomic mass is 19.1. The van der Waals surface area contributed by atoms with Crippen LogP contribution in [0.4, 0.5) is 4.39 Å². The van der Waals surface area contributed by atoms with Gasteiger partial charge in [0.2, 0.25) is 5.91 Å². The topological polar surface area (TPSA) is 55.4 Å². The molecule has 1 N–H and O–H groups in total. The van der Waals surface area contributed by atoms with E-state index in [1.54, 1.807) is 18.2 Å². The number of halogens is 1. The normalized spacial score (nSPS) is 19.5. The molecule has 2 rings (SSSR count).